The molecule has 1 heterocycles. The Labute approximate surface area is 160 Å². The third-order valence-corrected chi connectivity index (χ3v) is 5.29. The van der Waals surface area contributed by atoms with Crippen LogP contribution in [0.4, 0.5) is 10.1 Å². The number of amides is 1. The van der Waals surface area contributed by atoms with Crippen LogP contribution in [0, 0.1) is 5.82 Å². The minimum absolute atomic E-state index is 0.0446. The highest BCUT2D eigenvalue weighted by Crippen LogP contribution is 2.41. The van der Waals surface area contributed by atoms with E-state index < -0.39 is 0 Å². The van der Waals surface area contributed by atoms with Gasteiger partial charge in [0.15, 0.2) is 0 Å². The molecule has 0 radical (unpaired) electrons. The molecule has 1 amide bonds. The van der Waals surface area contributed by atoms with E-state index in [1.165, 1.54) is 6.07 Å². The van der Waals surface area contributed by atoms with Gasteiger partial charge >= 0.3 is 0 Å². The Morgan fingerprint density at radius 3 is 2.35 bits per heavy atom. The molecule has 4 heteroatoms. The monoisotopic (exact) mass is 409 g/mol. The zero-order valence-corrected chi connectivity index (χ0v) is 15.6. The summed E-state index contributed by atoms with van der Waals surface area (Å²) in [5.41, 5.74) is 3.24. The second kappa shape index (κ2) is 7.04. The first-order valence-electron chi connectivity index (χ1n) is 8.51. The molecule has 0 bridgehead atoms. The number of para-hydroxylation sites is 1. The van der Waals surface area contributed by atoms with E-state index in [0.29, 0.717) is 18.7 Å². The molecule has 0 saturated heterocycles. The van der Waals surface area contributed by atoms with Gasteiger partial charge in [-0.05, 0) is 41.3 Å². The lowest BCUT2D eigenvalue weighted by molar-refractivity contribution is -0.119. The van der Waals surface area contributed by atoms with Gasteiger partial charge in [-0.2, -0.15) is 0 Å². The minimum atomic E-state index is -0.356. The third-order valence-electron chi connectivity index (χ3n) is 4.76. The first-order valence-corrected chi connectivity index (χ1v) is 9.31. The molecule has 0 aliphatic carbocycles. The lowest BCUT2D eigenvalue weighted by Gasteiger charge is -2.18. The van der Waals surface area contributed by atoms with Gasteiger partial charge in [-0.25, -0.2) is 4.39 Å². The summed E-state index contributed by atoms with van der Waals surface area (Å²) < 4.78 is 15.6. The fraction of sp³-hybridized carbons (Fsp3) is 0.136. The molecule has 130 valence electrons. The number of hydrogen-bond donors (Lipinski definition) is 0. The maximum absolute atomic E-state index is 14.6. The molecule has 0 saturated carbocycles. The second-order valence-electron chi connectivity index (χ2n) is 6.47. The zero-order chi connectivity index (χ0) is 18.1. The van der Waals surface area contributed by atoms with E-state index in [1.807, 2.05) is 60.7 Å². The summed E-state index contributed by atoms with van der Waals surface area (Å²) in [6.07, 6.45) is 0.563. The number of rotatable bonds is 4. The fourth-order valence-electron chi connectivity index (χ4n) is 3.51. The van der Waals surface area contributed by atoms with Crippen molar-refractivity contribution >= 4 is 27.5 Å². The molecule has 3 aromatic carbocycles. The summed E-state index contributed by atoms with van der Waals surface area (Å²) in [5.74, 6) is -0.743. The van der Waals surface area contributed by atoms with Crippen LogP contribution in [0.15, 0.2) is 77.3 Å². The van der Waals surface area contributed by atoms with Crippen LogP contribution >= 0.6 is 15.9 Å². The van der Waals surface area contributed by atoms with Crippen molar-refractivity contribution in [2.45, 2.75) is 18.9 Å². The van der Waals surface area contributed by atoms with Crippen molar-refractivity contribution in [3.8, 4) is 0 Å². The summed E-state index contributed by atoms with van der Waals surface area (Å²) in [4.78, 5) is 14.7. The van der Waals surface area contributed by atoms with Crippen molar-refractivity contribution in [3.05, 3.63) is 99.8 Å². The van der Waals surface area contributed by atoms with E-state index in [4.69, 9.17) is 0 Å². The standard InChI is InChI=1S/C22H17BrFNO/c23-17-11-9-15(10-12-17)13-19-18-7-4-8-20(24)21(18)25(22(19)26)14-16-5-2-1-3-6-16/h1-12,19H,13-14H2. The maximum Gasteiger partial charge on any atom is 0.235 e. The SMILES string of the molecule is O=C1C(Cc2ccc(Br)cc2)c2cccc(F)c2N1Cc1ccccc1. The van der Waals surface area contributed by atoms with Crippen molar-refractivity contribution < 1.29 is 9.18 Å². The molecule has 26 heavy (non-hydrogen) atoms. The highest BCUT2D eigenvalue weighted by molar-refractivity contribution is 9.10. The van der Waals surface area contributed by atoms with Gasteiger partial charge in [-0.3, -0.25) is 4.79 Å². The van der Waals surface area contributed by atoms with Crippen LogP contribution in [0.1, 0.15) is 22.6 Å². The number of fused-ring (bicyclic) bond motifs is 1. The predicted molar refractivity (Wildman–Crippen MR) is 105 cm³/mol. The minimum Gasteiger partial charge on any atom is -0.304 e. The number of anilines is 1. The Bertz CT molecular complexity index is 940. The summed E-state index contributed by atoms with van der Waals surface area (Å²) in [6, 6.07) is 22.6. The molecule has 1 unspecified atom stereocenters. The fourth-order valence-corrected chi connectivity index (χ4v) is 3.77. The average molecular weight is 410 g/mol. The molecule has 1 aliphatic rings. The van der Waals surface area contributed by atoms with Crippen LogP contribution in [0.3, 0.4) is 0 Å². The van der Waals surface area contributed by atoms with Crippen molar-refractivity contribution in [2.75, 3.05) is 4.90 Å². The quantitative estimate of drug-likeness (QED) is 0.559. The van der Waals surface area contributed by atoms with E-state index in [1.54, 1.807) is 11.0 Å². The van der Waals surface area contributed by atoms with E-state index in [0.717, 1.165) is 21.2 Å². The van der Waals surface area contributed by atoms with Gasteiger partial charge in [0.1, 0.15) is 5.82 Å². The van der Waals surface area contributed by atoms with Crippen LogP contribution in [-0.2, 0) is 17.8 Å². The Kier molecular flexibility index (Phi) is 4.60. The van der Waals surface area contributed by atoms with Gasteiger partial charge in [-0.15, -0.1) is 0 Å². The molecule has 0 N–H and O–H groups in total. The van der Waals surface area contributed by atoms with Crippen molar-refractivity contribution in [3.63, 3.8) is 0 Å². The molecule has 1 atom stereocenters. The molecule has 0 aromatic heterocycles. The molecular weight excluding hydrogens is 393 g/mol. The van der Waals surface area contributed by atoms with Gasteiger partial charge in [0.05, 0.1) is 18.2 Å². The topological polar surface area (TPSA) is 20.3 Å². The normalized spacial score (nSPS) is 16.0. The van der Waals surface area contributed by atoms with Crippen LogP contribution in [0.5, 0.6) is 0 Å². The highest BCUT2D eigenvalue weighted by Gasteiger charge is 2.38. The van der Waals surface area contributed by atoms with Gasteiger partial charge < -0.3 is 4.90 Å². The van der Waals surface area contributed by atoms with Gasteiger partial charge in [0.25, 0.3) is 0 Å². The third kappa shape index (κ3) is 3.17. The lowest BCUT2D eigenvalue weighted by Crippen LogP contribution is -2.29. The smallest absolute Gasteiger partial charge is 0.235 e. The van der Waals surface area contributed by atoms with E-state index >= 15 is 0 Å². The van der Waals surface area contributed by atoms with Crippen molar-refractivity contribution in [1.29, 1.82) is 0 Å². The summed E-state index contributed by atoms with van der Waals surface area (Å²) in [5, 5.41) is 0. The van der Waals surface area contributed by atoms with Gasteiger partial charge in [-0.1, -0.05) is 70.5 Å². The van der Waals surface area contributed by atoms with Crippen LogP contribution in [0.2, 0.25) is 0 Å². The zero-order valence-electron chi connectivity index (χ0n) is 14.0. The van der Waals surface area contributed by atoms with Crippen molar-refractivity contribution in [2.24, 2.45) is 0 Å². The number of halogens is 2. The van der Waals surface area contributed by atoms with Crippen LogP contribution < -0.4 is 4.90 Å². The molecule has 3 aromatic rings. The second-order valence-corrected chi connectivity index (χ2v) is 7.39. The number of hydrogen-bond acceptors (Lipinski definition) is 1. The molecule has 4 rings (SSSR count). The number of carbonyl (C=O) groups excluding carboxylic acids is 1. The van der Waals surface area contributed by atoms with Crippen molar-refractivity contribution in [1.82, 2.24) is 0 Å². The Balaban J connectivity index is 1.69. The van der Waals surface area contributed by atoms with E-state index in [2.05, 4.69) is 15.9 Å². The van der Waals surface area contributed by atoms with Gasteiger partial charge in [0.2, 0.25) is 5.91 Å². The Hall–Kier alpha value is -2.46. The highest BCUT2D eigenvalue weighted by atomic mass is 79.9. The Morgan fingerprint density at radius 2 is 1.62 bits per heavy atom. The molecule has 0 fully saturated rings. The lowest BCUT2D eigenvalue weighted by atomic mass is 9.93. The molecule has 1 aliphatic heterocycles. The maximum atomic E-state index is 14.6. The molecular formula is C22H17BrFNO. The largest absolute Gasteiger partial charge is 0.304 e. The Morgan fingerprint density at radius 1 is 0.885 bits per heavy atom. The predicted octanol–water partition coefficient (Wildman–Crippen LogP) is 5.46. The van der Waals surface area contributed by atoms with Crippen LogP contribution in [0.25, 0.3) is 0 Å². The average Bonchev–Trinajstić information content (AvgIpc) is 2.91. The summed E-state index contributed by atoms with van der Waals surface area (Å²) in [6.45, 7) is 0.379. The first-order chi connectivity index (χ1) is 12.6. The number of benzene rings is 3. The van der Waals surface area contributed by atoms with E-state index in [9.17, 15) is 9.18 Å². The van der Waals surface area contributed by atoms with Gasteiger partial charge in [0, 0.05) is 4.47 Å². The summed E-state index contributed by atoms with van der Waals surface area (Å²) >= 11 is 3.43. The first kappa shape index (κ1) is 17.0. The molecule has 0 spiro atoms. The number of carbonyl (C=O) groups is 1. The summed E-state index contributed by atoms with van der Waals surface area (Å²) in [7, 11) is 0. The molecule has 2 nitrogen and oxygen atoms in total. The van der Waals surface area contributed by atoms with Crippen LogP contribution in [-0.4, -0.2) is 5.91 Å². The van der Waals surface area contributed by atoms with E-state index in [-0.39, 0.29) is 17.6 Å². The number of nitrogens with zero attached hydrogens (tertiary/aromatic N) is 1.